The fourth-order valence-electron chi connectivity index (χ4n) is 2.60. The number of carboxylic acid groups (broad SMARTS) is 1. The van der Waals surface area contributed by atoms with Crippen molar-refractivity contribution in [2.75, 3.05) is 18.1 Å². The van der Waals surface area contributed by atoms with Crippen LogP contribution < -0.4 is 5.32 Å². The van der Waals surface area contributed by atoms with Crippen LogP contribution in [0.3, 0.4) is 0 Å². The van der Waals surface area contributed by atoms with Crippen LogP contribution in [0, 0.1) is 5.92 Å². The lowest BCUT2D eigenvalue weighted by Crippen LogP contribution is -2.40. The average molecular weight is 317 g/mol. The van der Waals surface area contributed by atoms with Crippen LogP contribution in [0.15, 0.2) is 0 Å². The minimum absolute atomic E-state index is 0.0730. The molecule has 0 saturated heterocycles. The Bertz CT molecular complexity index is 338. The van der Waals surface area contributed by atoms with Crippen molar-refractivity contribution in [1.82, 2.24) is 5.32 Å². The average Bonchev–Trinajstić information content (AvgIpc) is 2.44. The smallest absolute Gasteiger partial charge is 0.313 e. The number of hydrogen-bond donors (Lipinski definition) is 2. The number of aliphatic carboxylic acids is 1. The number of ether oxygens (including phenoxy) is 1. The van der Waals surface area contributed by atoms with Crippen LogP contribution in [0.4, 0.5) is 0 Å². The molecule has 3 atom stereocenters. The van der Waals surface area contributed by atoms with Crippen molar-refractivity contribution in [2.24, 2.45) is 5.92 Å². The lowest BCUT2D eigenvalue weighted by Gasteiger charge is -2.29. The normalized spacial score (nSPS) is 23.5. The van der Waals surface area contributed by atoms with Crippen LogP contribution in [0.25, 0.3) is 0 Å². The molecule has 6 heteroatoms. The summed E-state index contributed by atoms with van der Waals surface area (Å²) in [4.78, 5) is 22.4. The summed E-state index contributed by atoms with van der Waals surface area (Å²) in [5.74, 6) is 0.453. The van der Waals surface area contributed by atoms with Crippen molar-refractivity contribution in [3.8, 4) is 0 Å². The molecule has 0 bridgehead atoms. The molecule has 0 aliphatic heterocycles. The Kier molecular flexibility index (Phi) is 8.76. The van der Waals surface area contributed by atoms with E-state index in [2.05, 4.69) is 12.2 Å². The summed E-state index contributed by atoms with van der Waals surface area (Å²) in [6, 6.07) is 0. The quantitative estimate of drug-likeness (QED) is 0.638. The van der Waals surface area contributed by atoms with Crippen LogP contribution in [0.2, 0.25) is 0 Å². The summed E-state index contributed by atoms with van der Waals surface area (Å²) in [6.07, 6.45) is 5.00. The monoisotopic (exact) mass is 317 g/mol. The predicted octanol–water partition coefficient (Wildman–Crippen LogP) is 2.29. The van der Waals surface area contributed by atoms with Gasteiger partial charge in [0.2, 0.25) is 5.91 Å². The molecule has 5 nitrogen and oxygen atoms in total. The third-order valence-corrected chi connectivity index (χ3v) is 4.62. The molecule has 0 aromatic heterocycles. The molecular weight excluding hydrogens is 290 g/mol. The van der Waals surface area contributed by atoms with E-state index in [0.29, 0.717) is 24.6 Å². The molecule has 122 valence electrons. The largest absolute Gasteiger partial charge is 0.481 e. The third kappa shape index (κ3) is 7.71. The summed E-state index contributed by atoms with van der Waals surface area (Å²) in [7, 11) is 0. The Morgan fingerprint density at radius 3 is 2.81 bits per heavy atom. The molecule has 0 radical (unpaired) electrons. The Balaban J connectivity index is 2.24. The highest BCUT2D eigenvalue weighted by Gasteiger charge is 2.25. The molecule has 1 amide bonds. The van der Waals surface area contributed by atoms with E-state index in [1.807, 2.05) is 6.92 Å². The van der Waals surface area contributed by atoms with Crippen molar-refractivity contribution >= 4 is 23.6 Å². The number of carboxylic acids is 1. The van der Waals surface area contributed by atoms with Gasteiger partial charge in [0.25, 0.3) is 0 Å². The van der Waals surface area contributed by atoms with Crippen LogP contribution in [0.1, 0.15) is 46.0 Å². The van der Waals surface area contributed by atoms with Gasteiger partial charge in [0.1, 0.15) is 6.10 Å². The number of thioether (sulfide) groups is 1. The highest BCUT2D eigenvalue weighted by Crippen LogP contribution is 2.26. The summed E-state index contributed by atoms with van der Waals surface area (Å²) in [5.41, 5.74) is 0. The van der Waals surface area contributed by atoms with E-state index >= 15 is 0 Å². The standard InChI is InChI=1S/C15H27NO4S/c1-3-13(20-12-6-4-5-11(2)9-12)15(19)16-7-8-21-10-14(17)18/h11-13H,3-10H2,1-2H3,(H,16,19)(H,17,18). The molecule has 3 unspecified atom stereocenters. The third-order valence-electron chi connectivity index (χ3n) is 3.68. The minimum atomic E-state index is -0.826. The highest BCUT2D eigenvalue weighted by molar-refractivity contribution is 7.99. The van der Waals surface area contributed by atoms with Crippen molar-refractivity contribution in [2.45, 2.75) is 58.2 Å². The predicted molar refractivity (Wildman–Crippen MR) is 84.6 cm³/mol. The SMILES string of the molecule is CCC(OC1CCCC(C)C1)C(=O)NCCSCC(=O)O. The molecule has 1 aliphatic carbocycles. The van der Waals surface area contributed by atoms with E-state index in [4.69, 9.17) is 9.84 Å². The zero-order valence-electron chi connectivity index (χ0n) is 13.0. The zero-order chi connectivity index (χ0) is 15.7. The number of carbonyl (C=O) groups excluding carboxylic acids is 1. The van der Waals surface area contributed by atoms with E-state index in [0.717, 1.165) is 12.8 Å². The van der Waals surface area contributed by atoms with Crippen molar-refractivity contribution in [1.29, 1.82) is 0 Å². The number of amides is 1. The maximum atomic E-state index is 12.1. The molecule has 1 aliphatic rings. The summed E-state index contributed by atoms with van der Waals surface area (Å²) in [5, 5.41) is 11.4. The first kappa shape index (κ1) is 18.3. The topological polar surface area (TPSA) is 75.6 Å². The van der Waals surface area contributed by atoms with Gasteiger partial charge in [-0.25, -0.2) is 0 Å². The van der Waals surface area contributed by atoms with Crippen LogP contribution in [-0.4, -0.2) is 47.2 Å². The zero-order valence-corrected chi connectivity index (χ0v) is 13.8. The van der Waals surface area contributed by atoms with Gasteiger partial charge in [-0.2, -0.15) is 0 Å². The molecule has 1 saturated carbocycles. The minimum Gasteiger partial charge on any atom is -0.481 e. The van der Waals surface area contributed by atoms with Crippen LogP contribution >= 0.6 is 11.8 Å². The van der Waals surface area contributed by atoms with E-state index in [-0.39, 0.29) is 23.9 Å². The fraction of sp³-hybridized carbons (Fsp3) is 0.867. The molecule has 1 fully saturated rings. The maximum absolute atomic E-state index is 12.1. The molecule has 0 heterocycles. The number of rotatable bonds is 9. The lowest BCUT2D eigenvalue weighted by molar-refractivity contribution is -0.138. The summed E-state index contributed by atoms with van der Waals surface area (Å²) in [6.45, 7) is 4.67. The van der Waals surface area contributed by atoms with Gasteiger partial charge in [0.05, 0.1) is 11.9 Å². The second-order valence-electron chi connectivity index (χ2n) is 5.66. The Morgan fingerprint density at radius 1 is 1.43 bits per heavy atom. The van der Waals surface area contributed by atoms with E-state index < -0.39 is 5.97 Å². The summed E-state index contributed by atoms with van der Waals surface area (Å²) >= 11 is 1.30. The Morgan fingerprint density at radius 2 is 2.19 bits per heavy atom. The maximum Gasteiger partial charge on any atom is 0.313 e. The number of carbonyl (C=O) groups is 2. The van der Waals surface area contributed by atoms with Crippen LogP contribution in [-0.2, 0) is 14.3 Å². The molecular formula is C15H27NO4S. The van der Waals surface area contributed by atoms with Crippen LogP contribution in [0.5, 0.6) is 0 Å². The van der Waals surface area contributed by atoms with Crippen molar-refractivity contribution in [3.05, 3.63) is 0 Å². The van der Waals surface area contributed by atoms with Gasteiger partial charge >= 0.3 is 5.97 Å². The number of hydrogen-bond acceptors (Lipinski definition) is 4. The lowest BCUT2D eigenvalue weighted by atomic mass is 9.88. The van der Waals surface area contributed by atoms with E-state index in [1.165, 1.54) is 24.6 Å². The highest BCUT2D eigenvalue weighted by atomic mass is 32.2. The molecule has 0 spiro atoms. The van der Waals surface area contributed by atoms with Gasteiger partial charge in [-0.15, -0.1) is 11.8 Å². The van der Waals surface area contributed by atoms with Gasteiger partial charge in [-0.1, -0.05) is 26.7 Å². The first-order valence-electron chi connectivity index (χ1n) is 7.75. The second kappa shape index (κ2) is 10.1. The molecule has 1 rings (SSSR count). The molecule has 21 heavy (non-hydrogen) atoms. The summed E-state index contributed by atoms with van der Waals surface area (Å²) < 4.78 is 5.96. The first-order valence-corrected chi connectivity index (χ1v) is 8.91. The first-order chi connectivity index (χ1) is 10.0. The molecule has 0 aromatic carbocycles. The van der Waals surface area contributed by atoms with Gasteiger partial charge in [-0.05, 0) is 25.2 Å². The molecule has 2 N–H and O–H groups in total. The van der Waals surface area contributed by atoms with Gasteiger partial charge < -0.3 is 15.2 Å². The van der Waals surface area contributed by atoms with Gasteiger partial charge in [0.15, 0.2) is 0 Å². The second-order valence-corrected chi connectivity index (χ2v) is 6.77. The van der Waals surface area contributed by atoms with Crippen molar-refractivity contribution in [3.63, 3.8) is 0 Å². The van der Waals surface area contributed by atoms with Gasteiger partial charge in [0, 0.05) is 12.3 Å². The van der Waals surface area contributed by atoms with E-state index in [1.54, 1.807) is 0 Å². The molecule has 0 aromatic rings. The number of nitrogens with one attached hydrogen (secondary N) is 1. The van der Waals surface area contributed by atoms with Crippen molar-refractivity contribution < 1.29 is 19.4 Å². The fourth-order valence-corrected chi connectivity index (χ4v) is 3.16. The van der Waals surface area contributed by atoms with E-state index in [9.17, 15) is 9.59 Å². The Hall–Kier alpha value is -0.750. The van der Waals surface area contributed by atoms with Gasteiger partial charge in [-0.3, -0.25) is 9.59 Å². The Labute approximate surface area is 131 Å².